The minimum atomic E-state index is -0.174. The molecule has 0 fully saturated rings. The van der Waals surface area contributed by atoms with Gasteiger partial charge in [-0.1, -0.05) is 69.3 Å². The number of anilines is 2. The Bertz CT molecular complexity index is 1020. The predicted molar refractivity (Wildman–Crippen MR) is 128 cm³/mol. The van der Waals surface area contributed by atoms with Crippen molar-refractivity contribution in [2.75, 3.05) is 10.6 Å². The Morgan fingerprint density at radius 1 is 0.774 bits per heavy atom. The number of aryl methyl sites for hydroxylation is 1. The van der Waals surface area contributed by atoms with Gasteiger partial charge in [0.15, 0.2) is 0 Å². The minimum absolute atomic E-state index is 0.0304. The molecule has 0 radical (unpaired) electrons. The van der Waals surface area contributed by atoms with Gasteiger partial charge < -0.3 is 10.6 Å². The molecule has 31 heavy (non-hydrogen) atoms. The van der Waals surface area contributed by atoms with E-state index >= 15 is 0 Å². The van der Waals surface area contributed by atoms with E-state index in [1.807, 2.05) is 60.7 Å². The van der Waals surface area contributed by atoms with Gasteiger partial charge in [0, 0.05) is 23.4 Å². The molecule has 0 aliphatic carbocycles. The number of hydrogen-bond donors (Lipinski definition) is 2. The van der Waals surface area contributed by atoms with Crippen LogP contribution < -0.4 is 10.6 Å². The average Bonchev–Trinajstić information content (AvgIpc) is 2.74. The molecule has 2 amide bonds. The molecule has 160 valence electrons. The lowest BCUT2D eigenvalue weighted by atomic mass is 9.87. The number of amides is 2. The molecule has 0 unspecified atom stereocenters. The van der Waals surface area contributed by atoms with E-state index in [0.29, 0.717) is 23.4 Å². The Morgan fingerprint density at radius 3 is 2.06 bits per heavy atom. The summed E-state index contributed by atoms with van der Waals surface area (Å²) in [5, 5.41) is 5.82. The number of benzene rings is 3. The lowest BCUT2D eigenvalue weighted by molar-refractivity contribution is -0.116. The standard InChI is InChI=1S/C27H30N2O2/c1-27(2,3)22-17-15-21(16-18-22)26(31)29-24-13-8-12-23(19-24)28-25(30)14-7-11-20-9-5-4-6-10-20/h4-6,8-10,12-13,15-19H,7,11,14H2,1-3H3,(H,28,30)(H,29,31). The highest BCUT2D eigenvalue weighted by Crippen LogP contribution is 2.23. The summed E-state index contributed by atoms with van der Waals surface area (Å²) in [4.78, 5) is 24.9. The molecule has 4 heteroatoms. The first-order valence-corrected chi connectivity index (χ1v) is 10.7. The van der Waals surface area contributed by atoms with Gasteiger partial charge in [-0.05, 0) is 59.7 Å². The van der Waals surface area contributed by atoms with Crippen LogP contribution in [-0.4, -0.2) is 11.8 Å². The molecule has 0 atom stereocenters. The summed E-state index contributed by atoms with van der Waals surface area (Å²) in [6, 6.07) is 25.0. The zero-order chi connectivity index (χ0) is 22.3. The Labute approximate surface area is 184 Å². The van der Waals surface area contributed by atoms with Crippen molar-refractivity contribution in [1.29, 1.82) is 0 Å². The molecule has 3 aromatic carbocycles. The number of hydrogen-bond acceptors (Lipinski definition) is 2. The van der Waals surface area contributed by atoms with Crippen molar-refractivity contribution in [3.05, 3.63) is 95.6 Å². The molecule has 3 rings (SSSR count). The molecule has 0 saturated heterocycles. The van der Waals surface area contributed by atoms with Crippen LogP contribution >= 0.6 is 0 Å². The zero-order valence-corrected chi connectivity index (χ0v) is 18.4. The third-order valence-corrected chi connectivity index (χ3v) is 5.13. The molecule has 0 aliphatic rings. The van der Waals surface area contributed by atoms with Gasteiger partial charge in [0.05, 0.1) is 0 Å². The molecular weight excluding hydrogens is 384 g/mol. The zero-order valence-electron chi connectivity index (χ0n) is 18.4. The third-order valence-electron chi connectivity index (χ3n) is 5.13. The topological polar surface area (TPSA) is 58.2 Å². The van der Waals surface area contributed by atoms with Crippen LogP contribution in [0.5, 0.6) is 0 Å². The second kappa shape index (κ2) is 10.1. The van der Waals surface area contributed by atoms with Gasteiger partial charge in [0.1, 0.15) is 0 Å². The molecule has 3 aromatic rings. The lowest BCUT2D eigenvalue weighted by Gasteiger charge is -2.19. The Kier molecular flexibility index (Phi) is 7.24. The maximum atomic E-state index is 12.6. The van der Waals surface area contributed by atoms with Crippen LogP contribution in [0.25, 0.3) is 0 Å². The fourth-order valence-corrected chi connectivity index (χ4v) is 3.32. The predicted octanol–water partition coefficient (Wildman–Crippen LogP) is 6.20. The van der Waals surface area contributed by atoms with E-state index < -0.39 is 0 Å². The van der Waals surface area contributed by atoms with E-state index in [0.717, 1.165) is 12.8 Å². The molecule has 0 spiro atoms. The van der Waals surface area contributed by atoms with Crippen LogP contribution in [0.1, 0.15) is 55.1 Å². The van der Waals surface area contributed by atoms with E-state index in [1.54, 1.807) is 6.07 Å². The van der Waals surface area contributed by atoms with Crippen molar-refractivity contribution >= 4 is 23.2 Å². The highest BCUT2D eigenvalue weighted by molar-refractivity contribution is 6.04. The van der Waals surface area contributed by atoms with Gasteiger partial charge in [-0.25, -0.2) is 0 Å². The molecule has 4 nitrogen and oxygen atoms in total. The summed E-state index contributed by atoms with van der Waals surface area (Å²) >= 11 is 0. The van der Waals surface area contributed by atoms with E-state index in [9.17, 15) is 9.59 Å². The van der Waals surface area contributed by atoms with Crippen LogP contribution in [0, 0.1) is 0 Å². The normalized spacial score (nSPS) is 11.1. The fourth-order valence-electron chi connectivity index (χ4n) is 3.32. The Balaban J connectivity index is 1.53. The van der Waals surface area contributed by atoms with Gasteiger partial charge in [0.25, 0.3) is 5.91 Å². The van der Waals surface area contributed by atoms with Crippen LogP contribution in [0.2, 0.25) is 0 Å². The number of rotatable bonds is 7. The number of nitrogens with one attached hydrogen (secondary N) is 2. The molecule has 0 heterocycles. The largest absolute Gasteiger partial charge is 0.326 e. The van der Waals surface area contributed by atoms with Crippen molar-refractivity contribution in [3.63, 3.8) is 0 Å². The van der Waals surface area contributed by atoms with Crippen LogP contribution in [0.3, 0.4) is 0 Å². The number of carbonyl (C=O) groups excluding carboxylic acids is 2. The molecule has 0 aliphatic heterocycles. The summed E-state index contributed by atoms with van der Waals surface area (Å²) in [6.45, 7) is 6.43. The fraction of sp³-hybridized carbons (Fsp3) is 0.259. The second-order valence-electron chi connectivity index (χ2n) is 8.75. The Hall–Kier alpha value is -3.40. The van der Waals surface area contributed by atoms with E-state index in [2.05, 4.69) is 43.5 Å². The van der Waals surface area contributed by atoms with Gasteiger partial charge in [0.2, 0.25) is 5.91 Å². The van der Waals surface area contributed by atoms with E-state index in [1.165, 1.54) is 11.1 Å². The average molecular weight is 415 g/mol. The summed E-state index contributed by atoms with van der Waals surface area (Å²) in [7, 11) is 0. The summed E-state index contributed by atoms with van der Waals surface area (Å²) < 4.78 is 0. The van der Waals surface area contributed by atoms with Gasteiger partial charge >= 0.3 is 0 Å². The second-order valence-corrected chi connectivity index (χ2v) is 8.75. The molecular formula is C27H30N2O2. The summed E-state index contributed by atoms with van der Waals surface area (Å²) in [6.07, 6.45) is 2.11. The summed E-state index contributed by atoms with van der Waals surface area (Å²) in [5.74, 6) is -0.205. The number of carbonyl (C=O) groups is 2. The first-order valence-electron chi connectivity index (χ1n) is 10.7. The Morgan fingerprint density at radius 2 is 1.42 bits per heavy atom. The van der Waals surface area contributed by atoms with Crippen LogP contribution in [0.15, 0.2) is 78.9 Å². The van der Waals surface area contributed by atoms with Crippen molar-refractivity contribution in [3.8, 4) is 0 Å². The molecule has 0 aromatic heterocycles. The molecule has 2 N–H and O–H groups in total. The highest BCUT2D eigenvalue weighted by Gasteiger charge is 2.14. The van der Waals surface area contributed by atoms with E-state index in [-0.39, 0.29) is 17.2 Å². The highest BCUT2D eigenvalue weighted by atomic mass is 16.2. The SMILES string of the molecule is CC(C)(C)c1ccc(C(=O)Nc2cccc(NC(=O)CCCc3ccccc3)c2)cc1. The lowest BCUT2D eigenvalue weighted by Crippen LogP contribution is -2.15. The van der Waals surface area contributed by atoms with Gasteiger partial charge in [-0.15, -0.1) is 0 Å². The van der Waals surface area contributed by atoms with Crippen molar-refractivity contribution in [2.24, 2.45) is 0 Å². The molecule has 0 saturated carbocycles. The van der Waals surface area contributed by atoms with Crippen LogP contribution in [-0.2, 0) is 16.6 Å². The first kappa shape index (κ1) is 22.3. The van der Waals surface area contributed by atoms with Crippen LogP contribution in [0.4, 0.5) is 11.4 Å². The first-order chi connectivity index (χ1) is 14.8. The maximum Gasteiger partial charge on any atom is 0.255 e. The van der Waals surface area contributed by atoms with Gasteiger partial charge in [-0.3, -0.25) is 9.59 Å². The van der Waals surface area contributed by atoms with Crippen molar-refractivity contribution in [1.82, 2.24) is 0 Å². The third kappa shape index (κ3) is 6.82. The quantitative estimate of drug-likeness (QED) is 0.484. The smallest absolute Gasteiger partial charge is 0.255 e. The van der Waals surface area contributed by atoms with Gasteiger partial charge in [-0.2, -0.15) is 0 Å². The monoisotopic (exact) mass is 414 g/mol. The maximum absolute atomic E-state index is 12.6. The van der Waals surface area contributed by atoms with Crippen molar-refractivity contribution < 1.29 is 9.59 Å². The molecule has 0 bridgehead atoms. The minimum Gasteiger partial charge on any atom is -0.326 e. The van der Waals surface area contributed by atoms with Crippen molar-refractivity contribution in [2.45, 2.75) is 45.4 Å². The van der Waals surface area contributed by atoms with E-state index in [4.69, 9.17) is 0 Å². The summed E-state index contributed by atoms with van der Waals surface area (Å²) in [5.41, 5.74) is 4.38.